The number of hydrogen-bond donors (Lipinski definition) is 2. The van der Waals surface area contributed by atoms with Crippen LogP contribution in [-0.4, -0.2) is 44.7 Å². The molecule has 0 unspecified atom stereocenters. The number of anilines is 1. The lowest BCUT2D eigenvalue weighted by molar-refractivity contribution is -0.117. The van der Waals surface area contributed by atoms with Gasteiger partial charge in [-0.05, 0) is 61.9 Å². The van der Waals surface area contributed by atoms with Crippen molar-refractivity contribution in [1.29, 1.82) is 0 Å². The molecule has 2 aromatic rings. The van der Waals surface area contributed by atoms with Gasteiger partial charge < -0.3 is 20.3 Å². The number of amides is 1. The van der Waals surface area contributed by atoms with Crippen molar-refractivity contribution in [3.8, 4) is 0 Å². The summed E-state index contributed by atoms with van der Waals surface area (Å²) in [5.41, 5.74) is 4.89. The molecule has 184 valence electrons. The number of rotatable bonds is 7. The van der Waals surface area contributed by atoms with Crippen molar-refractivity contribution in [2.45, 2.75) is 51.5 Å². The highest BCUT2D eigenvalue weighted by Crippen LogP contribution is 2.36. The Morgan fingerprint density at radius 2 is 1.82 bits per heavy atom. The van der Waals surface area contributed by atoms with Crippen LogP contribution in [0.25, 0.3) is 0 Å². The minimum Gasteiger partial charge on any atom is -0.381 e. The Morgan fingerprint density at radius 1 is 1.09 bits per heavy atom. The Hall–Kier alpha value is -2.13. The van der Waals surface area contributed by atoms with Crippen LogP contribution in [0.1, 0.15) is 49.3 Å². The zero-order chi connectivity index (χ0) is 23.1. The molecule has 0 aliphatic carbocycles. The van der Waals surface area contributed by atoms with Crippen molar-refractivity contribution in [2.75, 3.05) is 37.7 Å². The van der Waals surface area contributed by atoms with Crippen LogP contribution in [-0.2, 0) is 21.5 Å². The molecule has 6 nitrogen and oxygen atoms in total. The van der Waals surface area contributed by atoms with Gasteiger partial charge in [-0.3, -0.25) is 4.79 Å². The van der Waals surface area contributed by atoms with E-state index >= 15 is 0 Å². The molecule has 2 aliphatic rings. The Labute approximate surface area is 220 Å². The molecular weight excluding hydrogens is 539 g/mol. The lowest BCUT2D eigenvalue weighted by Gasteiger charge is -2.39. The highest BCUT2D eigenvalue weighted by Gasteiger charge is 2.35. The topological polar surface area (TPSA) is 66.0 Å². The molecule has 4 rings (SSSR count). The van der Waals surface area contributed by atoms with E-state index in [-0.39, 0.29) is 35.3 Å². The maximum absolute atomic E-state index is 12.0. The van der Waals surface area contributed by atoms with Gasteiger partial charge in [0, 0.05) is 50.4 Å². The molecule has 0 atom stereocenters. The van der Waals surface area contributed by atoms with Crippen LogP contribution in [0.3, 0.4) is 0 Å². The van der Waals surface area contributed by atoms with E-state index in [0.717, 1.165) is 69.3 Å². The predicted molar refractivity (Wildman–Crippen MR) is 149 cm³/mol. The fourth-order valence-corrected chi connectivity index (χ4v) is 4.94. The third-order valence-corrected chi connectivity index (χ3v) is 6.85. The van der Waals surface area contributed by atoms with Gasteiger partial charge in [0.25, 0.3) is 0 Å². The first-order valence-electron chi connectivity index (χ1n) is 12.2. The number of guanidine groups is 1. The fourth-order valence-electron chi connectivity index (χ4n) is 4.94. The molecule has 0 spiro atoms. The second-order valence-corrected chi connectivity index (χ2v) is 9.07. The Balaban J connectivity index is 0.00000324. The van der Waals surface area contributed by atoms with Crippen LogP contribution in [0.2, 0.25) is 0 Å². The maximum Gasteiger partial charge on any atom is 0.227 e. The SMILES string of the molecule is CCNC(=NCc1ccc(N2CCCC2=O)cc1)NCC1(c2ccccc2C)CCOCC1.I. The van der Waals surface area contributed by atoms with E-state index < -0.39 is 0 Å². The standard InChI is InChI=1S/C27H36N4O2.HI/c1-3-28-26(29-19-22-10-12-23(13-11-22)31-16-6-9-25(31)32)30-20-27(14-17-33-18-15-27)24-8-5-4-7-21(24)2;/h4-5,7-8,10-13H,3,6,9,14-20H2,1-2H3,(H2,28,29,30);1H. The number of carbonyl (C=O) groups is 1. The summed E-state index contributed by atoms with van der Waals surface area (Å²) in [5.74, 6) is 1.05. The number of aryl methyl sites for hydroxylation is 1. The van der Waals surface area contributed by atoms with E-state index in [1.54, 1.807) is 0 Å². The Morgan fingerprint density at radius 3 is 2.47 bits per heavy atom. The summed E-state index contributed by atoms with van der Waals surface area (Å²) >= 11 is 0. The lowest BCUT2D eigenvalue weighted by atomic mass is 9.72. The largest absolute Gasteiger partial charge is 0.381 e. The quantitative estimate of drug-likeness (QED) is 0.289. The van der Waals surface area contributed by atoms with E-state index in [2.05, 4.69) is 60.9 Å². The molecule has 2 aliphatic heterocycles. The molecule has 0 radical (unpaired) electrons. The lowest BCUT2D eigenvalue weighted by Crippen LogP contribution is -2.48. The van der Waals surface area contributed by atoms with Crippen LogP contribution in [0, 0.1) is 6.92 Å². The van der Waals surface area contributed by atoms with Gasteiger partial charge in [-0.1, -0.05) is 36.4 Å². The van der Waals surface area contributed by atoms with E-state index in [9.17, 15) is 4.79 Å². The zero-order valence-corrected chi connectivity index (χ0v) is 22.6. The molecule has 0 aromatic heterocycles. The average Bonchev–Trinajstić information content (AvgIpc) is 3.28. The van der Waals surface area contributed by atoms with Crippen molar-refractivity contribution >= 4 is 41.5 Å². The Kier molecular flexibility index (Phi) is 9.76. The molecule has 2 N–H and O–H groups in total. The van der Waals surface area contributed by atoms with Gasteiger partial charge >= 0.3 is 0 Å². The number of nitrogens with zero attached hydrogens (tertiary/aromatic N) is 2. The third-order valence-electron chi connectivity index (χ3n) is 6.85. The summed E-state index contributed by atoms with van der Waals surface area (Å²) in [7, 11) is 0. The summed E-state index contributed by atoms with van der Waals surface area (Å²) in [6, 6.07) is 16.9. The smallest absolute Gasteiger partial charge is 0.227 e. The first-order chi connectivity index (χ1) is 16.1. The molecule has 2 heterocycles. The minimum absolute atomic E-state index is 0. The van der Waals surface area contributed by atoms with E-state index in [1.807, 2.05) is 17.0 Å². The van der Waals surface area contributed by atoms with E-state index in [0.29, 0.717) is 13.0 Å². The molecule has 0 bridgehead atoms. The van der Waals surface area contributed by atoms with Crippen molar-refractivity contribution in [3.63, 3.8) is 0 Å². The fraction of sp³-hybridized carbons (Fsp3) is 0.481. The first kappa shape index (κ1) is 26.5. The number of ether oxygens (including phenoxy) is 1. The summed E-state index contributed by atoms with van der Waals surface area (Å²) in [5, 5.41) is 7.01. The molecule has 34 heavy (non-hydrogen) atoms. The van der Waals surface area contributed by atoms with Gasteiger partial charge in [0.2, 0.25) is 5.91 Å². The molecule has 0 saturated carbocycles. The molecule has 2 aromatic carbocycles. The summed E-state index contributed by atoms with van der Waals surface area (Å²) in [4.78, 5) is 18.7. The summed E-state index contributed by atoms with van der Waals surface area (Å²) < 4.78 is 5.70. The number of benzene rings is 2. The van der Waals surface area contributed by atoms with E-state index in [4.69, 9.17) is 9.73 Å². The summed E-state index contributed by atoms with van der Waals surface area (Å²) in [6.07, 6.45) is 3.60. The number of aliphatic imine (C=N–C) groups is 1. The number of halogens is 1. The maximum atomic E-state index is 12.0. The van der Waals surface area contributed by atoms with Crippen molar-refractivity contribution in [3.05, 3.63) is 65.2 Å². The first-order valence-corrected chi connectivity index (χ1v) is 12.2. The normalized spacial score (nSPS) is 17.9. The van der Waals surface area contributed by atoms with Crippen LogP contribution in [0.15, 0.2) is 53.5 Å². The monoisotopic (exact) mass is 576 g/mol. The van der Waals surface area contributed by atoms with Crippen LogP contribution in [0.5, 0.6) is 0 Å². The van der Waals surface area contributed by atoms with Gasteiger partial charge in [0.15, 0.2) is 5.96 Å². The molecule has 7 heteroatoms. The van der Waals surface area contributed by atoms with Gasteiger partial charge in [-0.25, -0.2) is 4.99 Å². The van der Waals surface area contributed by atoms with E-state index in [1.165, 1.54) is 11.1 Å². The molecule has 2 saturated heterocycles. The number of nitrogens with one attached hydrogen (secondary N) is 2. The number of hydrogen-bond acceptors (Lipinski definition) is 3. The van der Waals surface area contributed by atoms with Crippen LogP contribution in [0.4, 0.5) is 5.69 Å². The molecule has 1 amide bonds. The second-order valence-electron chi connectivity index (χ2n) is 9.07. The van der Waals surface area contributed by atoms with Crippen LogP contribution < -0.4 is 15.5 Å². The van der Waals surface area contributed by atoms with Gasteiger partial charge in [0.05, 0.1) is 6.54 Å². The van der Waals surface area contributed by atoms with Crippen molar-refractivity contribution < 1.29 is 9.53 Å². The summed E-state index contributed by atoms with van der Waals surface area (Å²) in [6.45, 7) is 8.90. The molecule has 2 fully saturated rings. The van der Waals surface area contributed by atoms with Crippen LogP contribution >= 0.6 is 24.0 Å². The minimum atomic E-state index is 0. The average molecular weight is 577 g/mol. The Bertz CT molecular complexity index is 971. The van der Waals surface area contributed by atoms with Gasteiger partial charge in [-0.15, -0.1) is 24.0 Å². The predicted octanol–water partition coefficient (Wildman–Crippen LogP) is 4.54. The highest BCUT2D eigenvalue weighted by atomic mass is 127. The molecular formula is C27H37IN4O2. The zero-order valence-electron chi connectivity index (χ0n) is 20.3. The third kappa shape index (κ3) is 6.30. The highest BCUT2D eigenvalue weighted by molar-refractivity contribution is 14.0. The number of carbonyl (C=O) groups excluding carboxylic acids is 1. The van der Waals surface area contributed by atoms with Gasteiger partial charge in [-0.2, -0.15) is 0 Å². The van der Waals surface area contributed by atoms with Crippen molar-refractivity contribution in [2.24, 2.45) is 4.99 Å². The van der Waals surface area contributed by atoms with Crippen molar-refractivity contribution in [1.82, 2.24) is 10.6 Å². The van der Waals surface area contributed by atoms with Gasteiger partial charge in [0.1, 0.15) is 0 Å². The second kappa shape index (κ2) is 12.5.